The third kappa shape index (κ3) is 21.9. The first-order chi connectivity index (χ1) is 17.0. The molecule has 0 spiro atoms. The third-order valence-corrected chi connectivity index (χ3v) is 34.5. The second kappa shape index (κ2) is 25.0. The van der Waals surface area contributed by atoms with Crippen LogP contribution in [0.1, 0.15) is 125 Å². The van der Waals surface area contributed by atoms with Gasteiger partial charge in [-0.1, -0.05) is 0 Å². The van der Waals surface area contributed by atoms with Gasteiger partial charge in [0.2, 0.25) is 0 Å². The van der Waals surface area contributed by atoms with Crippen molar-refractivity contribution in [3.05, 3.63) is 9.29 Å². The minimum atomic E-state index is -2.55. The molecular weight excluding hydrogens is 670 g/mol. The van der Waals surface area contributed by atoms with Crippen molar-refractivity contribution >= 4 is 52.2 Å². The van der Waals surface area contributed by atoms with Crippen LogP contribution in [0.3, 0.4) is 0 Å². The zero-order valence-electron chi connectivity index (χ0n) is 26.4. The van der Waals surface area contributed by atoms with Gasteiger partial charge in [0, 0.05) is 0 Å². The van der Waals surface area contributed by atoms with Crippen molar-refractivity contribution in [2.45, 2.75) is 171 Å². The van der Waals surface area contributed by atoms with Gasteiger partial charge < -0.3 is 0 Å². The quantitative estimate of drug-likeness (QED) is 0.112. The molecule has 0 aromatic rings. The Morgan fingerprint density at radius 2 is 1.00 bits per heavy atom. The average molecular weight is 737 g/mol. The number of carboxylic acid groups (broad SMARTS) is 1. The predicted octanol–water partition coefficient (Wildman–Crippen LogP) is 11.5. The van der Waals surface area contributed by atoms with E-state index in [9.17, 15) is 9.90 Å². The van der Waals surface area contributed by atoms with Crippen LogP contribution in [-0.4, -0.2) is 57.3 Å². The molecule has 0 aliphatic heterocycles. The van der Waals surface area contributed by atoms with Gasteiger partial charge in [0.15, 0.2) is 0 Å². The summed E-state index contributed by atoms with van der Waals surface area (Å²) in [6.07, 6.45) is 16.8. The van der Waals surface area contributed by atoms with Crippen molar-refractivity contribution in [3.63, 3.8) is 0 Å². The molecule has 0 aromatic heterocycles. The first-order valence-electron chi connectivity index (χ1n) is 15.8. The molecule has 0 rings (SSSR count). The number of hydrogen-bond donors (Lipinski definition) is 1. The molecule has 0 saturated heterocycles. The number of carboxylic acids is 1. The van der Waals surface area contributed by atoms with Crippen molar-refractivity contribution in [3.8, 4) is 0 Å². The van der Waals surface area contributed by atoms with Crippen LogP contribution in [0.4, 0.5) is 0 Å². The Labute approximate surface area is 240 Å². The summed E-state index contributed by atoms with van der Waals surface area (Å²) in [5, 5.41) is 9.53. The molecule has 0 bridgehead atoms. The fraction of sp³-hybridized carbons (Fsp3) is 0.903. The van der Waals surface area contributed by atoms with E-state index in [0.29, 0.717) is 6.42 Å². The summed E-state index contributed by atoms with van der Waals surface area (Å²) < 4.78 is 10.6. The summed E-state index contributed by atoms with van der Waals surface area (Å²) in [6, 6.07) is 0. The molecule has 0 aromatic carbocycles. The van der Waals surface area contributed by atoms with Crippen LogP contribution in [0.25, 0.3) is 0 Å². The van der Waals surface area contributed by atoms with E-state index < -0.39 is 52.2 Å². The molecule has 0 amide bonds. The monoisotopic (exact) mass is 739 g/mol. The third-order valence-electron chi connectivity index (χ3n) is 7.31. The molecule has 1 radical (unpaired) electrons. The normalized spacial score (nSPS) is 12.6. The van der Waals surface area contributed by atoms with Crippen LogP contribution in [0.5, 0.6) is 0 Å². The topological polar surface area (TPSA) is 37.3 Å². The van der Waals surface area contributed by atoms with E-state index in [1.54, 1.807) is 13.3 Å². The second-order valence-corrected chi connectivity index (χ2v) is 39.3. The Morgan fingerprint density at radius 1 is 0.667 bits per heavy atom. The van der Waals surface area contributed by atoms with Gasteiger partial charge >= 0.3 is 243 Å². The number of hydrogen-bond acceptors (Lipinski definition) is 1. The van der Waals surface area contributed by atoms with E-state index in [0.717, 1.165) is 0 Å². The maximum atomic E-state index is 11.6. The van der Waals surface area contributed by atoms with Crippen LogP contribution >= 0.6 is 0 Å². The van der Waals surface area contributed by atoms with Gasteiger partial charge in [-0.15, -0.1) is 0 Å². The van der Waals surface area contributed by atoms with Crippen LogP contribution in [-0.2, 0) is 4.79 Å². The van der Waals surface area contributed by atoms with Crippen LogP contribution < -0.4 is 0 Å². The number of carbonyl (C=O) groups is 1. The molecule has 0 heterocycles. The SMILES string of the molecule is CCC[CH2][Sn]([CH2]CCC)([CH2]CCC)/[C](=C\[Si](C)(C)C)CC(=O)O.CCC[CH2][Sn]([CH2]CCC)[CH2]CCC. The average Bonchev–Trinajstić information content (AvgIpc) is 2.82. The fourth-order valence-electron chi connectivity index (χ4n) is 5.13. The molecule has 0 unspecified atom stereocenters. The Bertz CT molecular complexity index is 502. The fourth-order valence-corrected chi connectivity index (χ4v) is 37.6. The first kappa shape index (κ1) is 39.2. The van der Waals surface area contributed by atoms with Crippen molar-refractivity contribution in [2.24, 2.45) is 0 Å². The van der Waals surface area contributed by atoms with E-state index in [4.69, 9.17) is 0 Å². The summed E-state index contributed by atoms with van der Waals surface area (Å²) in [4.78, 5) is 11.6. The van der Waals surface area contributed by atoms with Gasteiger partial charge in [-0.2, -0.15) is 0 Å². The molecule has 215 valence electrons. The molecule has 0 fully saturated rings. The second-order valence-electron chi connectivity index (χ2n) is 12.3. The van der Waals surface area contributed by atoms with E-state index in [1.807, 2.05) is 0 Å². The van der Waals surface area contributed by atoms with Crippen molar-refractivity contribution in [1.82, 2.24) is 0 Å². The van der Waals surface area contributed by atoms with Gasteiger partial charge in [0.1, 0.15) is 0 Å². The molecule has 2 nitrogen and oxygen atoms in total. The predicted molar refractivity (Wildman–Crippen MR) is 173 cm³/mol. The summed E-state index contributed by atoms with van der Waals surface area (Å²) in [6.45, 7) is 20.9. The number of unbranched alkanes of at least 4 members (excludes halogenated alkanes) is 6. The molecule has 0 saturated carbocycles. The zero-order chi connectivity index (χ0) is 27.9. The Morgan fingerprint density at radius 3 is 1.25 bits per heavy atom. The van der Waals surface area contributed by atoms with Crippen LogP contribution in [0.2, 0.25) is 46.3 Å². The van der Waals surface area contributed by atoms with Gasteiger partial charge in [0.25, 0.3) is 0 Å². The molecule has 36 heavy (non-hydrogen) atoms. The summed E-state index contributed by atoms with van der Waals surface area (Å²) in [7, 11) is -1.39. The van der Waals surface area contributed by atoms with Crippen molar-refractivity contribution in [2.75, 3.05) is 0 Å². The molecule has 0 aliphatic carbocycles. The molecular formula is C31H67O2SiSn2. The van der Waals surface area contributed by atoms with E-state index in [-0.39, 0.29) is 0 Å². The molecule has 0 aliphatic rings. The Hall–Kier alpha value is 1.02. The summed E-state index contributed by atoms with van der Waals surface area (Å²) >= 11 is -3.39. The standard InChI is InChI=1S/C7H13O2Si.6C4H9.2Sn/c1-10(2,3)6-4-5-7(8)9;6*1-3-4-2;;/h6H,5H2,1-3H3,(H,8,9);6*1,3-4H2,2H3;;. The first-order valence-corrected chi connectivity index (χ1v) is 32.9. The maximum absolute atomic E-state index is 11.6. The molecule has 0 atom stereocenters. The van der Waals surface area contributed by atoms with Crippen LogP contribution in [0.15, 0.2) is 9.29 Å². The number of rotatable bonds is 22. The van der Waals surface area contributed by atoms with E-state index in [2.05, 4.69) is 66.9 Å². The van der Waals surface area contributed by atoms with Crippen molar-refractivity contribution in [1.29, 1.82) is 0 Å². The van der Waals surface area contributed by atoms with Gasteiger partial charge in [-0.25, -0.2) is 0 Å². The van der Waals surface area contributed by atoms with E-state index >= 15 is 0 Å². The van der Waals surface area contributed by atoms with Gasteiger partial charge in [-0.3, -0.25) is 0 Å². The van der Waals surface area contributed by atoms with Crippen molar-refractivity contribution < 1.29 is 9.90 Å². The van der Waals surface area contributed by atoms with Crippen LogP contribution in [0, 0.1) is 0 Å². The van der Waals surface area contributed by atoms with E-state index in [1.165, 1.54) is 93.9 Å². The minimum absolute atomic E-state index is 0.331. The van der Waals surface area contributed by atoms with Gasteiger partial charge in [-0.05, 0) is 0 Å². The Kier molecular flexibility index (Phi) is 27.2. The summed E-state index contributed by atoms with van der Waals surface area (Å²) in [5.41, 5.74) is 2.50. The molecule has 1 N–H and O–H groups in total. The number of aliphatic carboxylic acids is 1. The molecule has 5 heteroatoms. The Balaban J connectivity index is 0. The summed E-state index contributed by atoms with van der Waals surface area (Å²) in [5.74, 6) is -0.611. The van der Waals surface area contributed by atoms with Gasteiger partial charge in [0.05, 0.1) is 0 Å². The zero-order valence-corrected chi connectivity index (χ0v) is 33.1.